The summed E-state index contributed by atoms with van der Waals surface area (Å²) in [5, 5.41) is 3.24. The van der Waals surface area contributed by atoms with E-state index in [0.29, 0.717) is 19.8 Å². The standard InChI is InChI=1S/C11H19N3O2/c1-3-15-11(16-4-2)8-12-5-10-6-13-9-14-7-10/h6-7,9,11-12H,3-5,8H2,1-2H3. The van der Waals surface area contributed by atoms with Crippen LogP contribution in [0.5, 0.6) is 0 Å². The lowest BCUT2D eigenvalue weighted by Crippen LogP contribution is -2.31. The molecule has 5 nitrogen and oxygen atoms in total. The maximum Gasteiger partial charge on any atom is 0.169 e. The molecule has 0 bridgehead atoms. The molecule has 0 atom stereocenters. The lowest BCUT2D eigenvalue weighted by molar-refractivity contribution is -0.133. The van der Waals surface area contributed by atoms with Crippen LogP contribution in [0.25, 0.3) is 0 Å². The van der Waals surface area contributed by atoms with Crippen LogP contribution in [0.3, 0.4) is 0 Å². The van der Waals surface area contributed by atoms with Gasteiger partial charge in [0.15, 0.2) is 6.29 Å². The molecule has 0 aliphatic carbocycles. The molecule has 0 saturated carbocycles. The van der Waals surface area contributed by atoms with E-state index in [2.05, 4.69) is 15.3 Å². The Morgan fingerprint density at radius 2 is 1.81 bits per heavy atom. The maximum absolute atomic E-state index is 5.40. The Bertz CT molecular complexity index is 263. The molecule has 1 N–H and O–H groups in total. The Hall–Kier alpha value is -1.04. The Labute approximate surface area is 96.2 Å². The van der Waals surface area contributed by atoms with Gasteiger partial charge in [0.1, 0.15) is 6.33 Å². The normalized spacial score (nSPS) is 10.9. The Morgan fingerprint density at radius 1 is 1.19 bits per heavy atom. The van der Waals surface area contributed by atoms with Crippen LogP contribution in [0.4, 0.5) is 0 Å². The van der Waals surface area contributed by atoms with Crippen LogP contribution in [0, 0.1) is 0 Å². The number of hydrogen-bond donors (Lipinski definition) is 1. The molecule has 16 heavy (non-hydrogen) atoms. The van der Waals surface area contributed by atoms with Crippen LogP contribution in [-0.2, 0) is 16.0 Å². The first kappa shape index (κ1) is 13.0. The van der Waals surface area contributed by atoms with E-state index in [4.69, 9.17) is 9.47 Å². The molecular weight excluding hydrogens is 206 g/mol. The minimum Gasteiger partial charge on any atom is -0.352 e. The van der Waals surface area contributed by atoms with E-state index < -0.39 is 0 Å². The Morgan fingerprint density at radius 3 is 2.38 bits per heavy atom. The zero-order valence-electron chi connectivity index (χ0n) is 9.85. The first-order chi connectivity index (χ1) is 7.86. The van der Waals surface area contributed by atoms with Crippen molar-refractivity contribution in [1.29, 1.82) is 0 Å². The van der Waals surface area contributed by atoms with Gasteiger partial charge >= 0.3 is 0 Å². The summed E-state index contributed by atoms with van der Waals surface area (Å²) in [5.41, 5.74) is 1.05. The molecule has 0 unspecified atom stereocenters. The number of rotatable bonds is 8. The quantitative estimate of drug-likeness (QED) is 0.668. The SMILES string of the molecule is CCOC(CNCc1cncnc1)OCC. The van der Waals surface area contributed by atoms with Crippen LogP contribution in [0.2, 0.25) is 0 Å². The summed E-state index contributed by atoms with van der Waals surface area (Å²) in [6.45, 7) is 6.60. The van der Waals surface area contributed by atoms with Crippen molar-refractivity contribution >= 4 is 0 Å². The summed E-state index contributed by atoms with van der Waals surface area (Å²) in [5.74, 6) is 0. The van der Waals surface area contributed by atoms with Crippen molar-refractivity contribution in [3.8, 4) is 0 Å². The highest BCUT2D eigenvalue weighted by Gasteiger charge is 2.06. The van der Waals surface area contributed by atoms with Crippen molar-refractivity contribution < 1.29 is 9.47 Å². The first-order valence-corrected chi connectivity index (χ1v) is 5.54. The molecule has 1 aromatic heterocycles. The number of aromatic nitrogens is 2. The molecule has 0 aliphatic heterocycles. The molecule has 0 amide bonds. The van der Waals surface area contributed by atoms with Crippen LogP contribution in [0.15, 0.2) is 18.7 Å². The first-order valence-electron chi connectivity index (χ1n) is 5.54. The molecule has 0 radical (unpaired) electrons. The molecule has 1 aromatic rings. The molecule has 90 valence electrons. The van der Waals surface area contributed by atoms with Gasteiger partial charge < -0.3 is 14.8 Å². The topological polar surface area (TPSA) is 56.3 Å². The number of ether oxygens (including phenoxy) is 2. The average Bonchev–Trinajstić information content (AvgIpc) is 2.31. The van der Waals surface area contributed by atoms with Gasteiger partial charge in [-0.3, -0.25) is 0 Å². The van der Waals surface area contributed by atoms with Crippen molar-refractivity contribution in [3.63, 3.8) is 0 Å². The average molecular weight is 225 g/mol. The summed E-state index contributed by atoms with van der Waals surface area (Å²) in [4.78, 5) is 7.88. The van der Waals surface area contributed by atoms with E-state index in [1.165, 1.54) is 6.33 Å². The van der Waals surface area contributed by atoms with E-state index in [0.717, 1.165) is 12.1 Å². The molecular formula is C11H19N3O2. The molecule has 5 heteroatoms. The third kappa shape index (κ3) is 5.16. The van der Waals surface area contributed by atoms with Gasteiger partial charge in [-0.25, -0.2) is 9.97 Å². The van der Waals surface area contributed by atoms with E-state index in [1.54, 1.807) is 12.4 Å². The predicted molar refractivity (Wildman–Crippen MR) is 60.8 cm³/mol. The van der Waals surface area contributed by atoms with E-state index in [1.807, 2.05) is 13.8 Å². The zero-order valence-corrected chi connectivity index (χ0v) is 9.85. The number of nitrogens with one attached hydrogen (secondary N) is 1. The van der Waals surface area contributed by atoms with Crippen molar-refractivity contribution in [2.24, 2.45) is 0 Å². The lowest BCUT2D eigenvalue weighted by Gasteiger charge is -2.17. The van der Waals surface area contributed by atoms with Gasteiger partial charge in [0.25, 0.3) is 0 Å². The summed E-state index contributed by atoms with van der Waals surface area (Å²) in [6.07, 6.45) is 4.92. The largest absolute Gasteiger partial charge is 0.352 e. The van der Waals surface area contributed by atoms with Gasteiger partial charge in [-0.2, -0.15) is 0 Å². The molecule has 0 fully saturated rings. The predicted octanol–water partition coefficient (Wildman–Crippen LogP) is 0.965. The summed E-state index contributed by atoms with van der Waals surface area (Å²) in [6, 6.07) is 0. The number of hydrogen-bond acceptors (Lipinski definition) is 5. The monoisotopic (exact) mass is 225 g/mol. The Kier molecular flexibility index (Phi) is 6.64. The van der Waals surface area contributed by atoms with E-state index in [-0.39, 0.29) is 6.29 Å². The summed E-state index contributed by atoms with van der Waals surface area (Å²) in [7, 11) is 0. The second-order valence-electron chi connectivity index (χ2n) is 3.22. The van der Waals surface area contributed by atoms with Crippen molar-refractivity contribution in [3.05, 3.63) is 24.3 Å². The van der Waals surface area contributed by atoms with Gasteiger partial charge in [0.2, 0.25) is 0 Å². The lowest BCUT2D eigenvalue weighted by atomic mass is 10.3. The van der Waals surface area contributed by atoms with Crippen LogP contribution in [-0.4, -0.2) is 36.0 Å². The number of nitrogens with zero attached hydrogens (tertiary/aromatic N) is 2. The van der Waals surface area contributed by atoms with Gasteiger partial charge in [0, 0.05) is 44.3 Å². The molecule has 1 rings (SSSR count). The highest BCUT2D eigenvalue weighted by molar-refractivity contribution is 5.01. The minimum absolute atomic E-state index is 0.181. The fourth-order valence-electron chi connectivity index (χ4n) is 1.29. The van der Waals surface area contributed by atoms with E-state index in [9.17, 15) is 0 Å². The minimum atomic E-state index is -0.181. The van der Waals surface area contributed by atoms with Crippen LogP contribution < -0.4 is 5.32 Å². The third-order valence-corrected chi connectivity index (χ3v) is 1.96. The fraction of sp³-hybridized carbons (Fsp3) is 0.636. The molecule has 1 heterocycles. The molecule has 0 spiro atoms. The Balaban J connectivity index is 2.22. The highest BCUT2D eigenvalue weighted by atomic mass is 16.7. The van der Waals surface area contributed by atoms with Crippen molar-refractivity contribution in [2.75, 3.05) is 19.8 Å². The summed E-state index contributed by atoms with van der Waals surface area (Å²) >= 11 is 0. The van der Waals surface area contributed by atoms with Crippen LogP contribution >= 0.6 is 0 Å². The smallest absolute Gasteiger partial charge is 0.169 e. The van der Waals surface area contributed by atoms with Gasteiger partial charge in [-0.05, 0) is 13.8 Å². The molecule has 0 aromatic carbocycles. The maximum atomic E-state index is 5.40. The van der Waals surface area contributed by atoms with Gasteiger partial charge in [0.05, 0.1) is 0 Å². The summed E-state index contributed by atoms with van der Waals surface area (Å²) < 4.78 is 10.8. The van der Waals surface area contributed by atoms with Gasteiger partial charge in [-0.1, -0.05) is 0 Å². The van der Waals surface area contributed by atoms with Crippen molar-refractivity contribution in [2.45, 2.75) is 26.7 Å². The van der Waals surface area contributed by atoms with Crippen molar-refractivity contribution in [1.82, 2.24) is 15.3 Å². The van der Waals surface area contributed by atoms with E-state index >= 15 is 0 Å². The molecule has 0 saturated heterocycles. The molecule has 0 aliphatic rings. The van der Waals surface area contributed by atoms with Gasteiger partial charge in [-0.15, -0.1) is 0 Å². The van der Waals surface area contributed by atoms with Crippen LogP contribution in [0.1, 0.15) is 19.4 Å². The second kappa shape index (κ2) is 8.15. The second-order valence-corrected chi connectivity index (χ2v) is 3.22. The third-order valence-electron chi connectivity index (χ3n) is 1.96. The zero-order chi connectivity index (χ0) is 11.6. The fourth-order valence-corrected chi connectivity index (χ4v) is 1.29. The highest BCUT2D eigenvalue weighted by Crippen LogP contribution is 1.96.